The Morgan fingerprint density at radius 1 is 1.38 bits per heavy atom. The molecule has 1 aliphatic heterocycles. The second-order valence-corrected chi connectivity index (χ2v) is 6.20. The van der Waals surface area contributed by atoms with Gasteiger partial charge in [-0.1, -0.05) is 13.0 Å². The maximum atomic E-state index is 12.2. The largest absolute Gasteiger partial charge is 0.477 e. The van der Waals surface area contributed by atoms with E-state index in [4.69, 9.17) is 9.84 Å². The number of aromatic nitrogens is 1. The Balaban J connectivity index is 2.10. The van der Waals surface area contributed by atoms with Crippen LogP contribution in [0.3, 0.4) is 0 Å². The summed E-state index contributed by atoms with van der Waals surface area (Å²) in [6.07, 6.45) is -1.83. The molecular formula is C18H21F3N4O4. The van der Waals surface area contributed by atoms with Gasteiger partial charge in [-0.05, 0) is 18.6 Å². The molecule has 2 heterocycles. The summed E-state index contributed by atoms with van der Waals surface area (Å²) >= 11 is 0. The predicted molar refractivity (Wildman–Crippen MR) is 97.1 cm³/mol. The molecule has 1 aromatic heterocycles. The molecular weight excluding hydrogens is 393 g/mol. The van der Waals surface area contributed by atoms with E-state index in [1.54, 1.807) is 24.8 Å². The lowest BCUT2D eigenvalue weighted by atomic mass is 10.1. The smallest absolute Gasteiger partial charge is 0.392 e. The highest BCUT2D eigenvalue weighted by Gasteiger charge is 2.28. The van der Waals surface area contributed by atoms with Crippen LogP contribution in [0.25, 0.3) is 0 Å². The average Bonchev–Trinajstić information content (AvgIpc) is 2.66. The molecule has 1 amide bonds. The first-order valence-electron chi connectivity index (χ1n) is 8.82. The fraction of sp³-hybridized carbons (Fsp3) is 0.444. The molecule has 0 aromatic carbocycles. The van der Waals surface area contributed by atoms with Crippen molar-refractivity contribution in [1.82, 2.24) is 15.2 Å². The monoisotopic (exact) mass is 414 g/mol. The third-order valence-corrected chi connectivity index (χ3v) is 4.10. The molecule has 0 fully saturated rings. The molecule has 8 nitrogen and oxygen atoms in total. The van der Waals surface area contributed by atoms with Crippen LogP contribution in [-0.4, -0.2) is 51.7 Å². The van der Waals surface area contributed by atoms with Crippen LogP contribution in [0.4, 0.5) is 13.2 Å². The van der Waals surface area contributed by atoms with Crippen LogP contribution in [0.1, 0.15) is 38.3 Å². The molecule has 2 unspecified atom stereocenters. The predicted octanol–water partition coefficient (Wildman–Crippen LogP) is 2.64. The van der Waals surface area contributed by atoms with Gasteiger partial charge in [0, 0.05) is 24.9 Å². The van der Waals surface area contributed by atoms with Crippen molar-refractivity contribution in [3.05, 3.63) is 36.2 Å². The lowest BCUT2D eigenvalue weighted by molar-refractivity contribution is -0.139. The number of carbonyl (C=O) groups is 2. The normalized spacial score (nSPS) is 17.5. The van der Waals surface area contributed by atoms with Crippen molar-refractivity contribution in [3.63, 3.8) is 0 Å². The number of halogens is 3. The zero-order chi connectivity index (χ0) is 21.6. The zero-order valence-electron chi connectivity index (χ0n) is 15.8. The van der Waals surface area contributed by atoms with E-state index in [0.717, 1.165) is 0 Å². The Hall–Kier alpha value is -3.11. The van der Waals surface area contributed by atoms with Crippen molar-refractivity contribution in [2.24, 2.45) is 4.99 Å². The molecule has 0 saturated carbocycles. The first-order chi connectivity index (χ1) is 13.6. The van der Waals surface area contributed by atoms with Crippen LogP contribution in [0.2, 0.25) is 0 Å². The second kappa shape index (κ2) is 9.39. The highest BCUT2D eigenvalue weighted by atomic mass is 19.4. The lowest BCUT2D eigenvalue weighted by Gasteiger charge is -2.35. The van der Waals surface area contributed by atoms with Gasteiger partial charge in [-0.15, -0.1) is 0 Å². The van der Waals surface area contributed by atoms with Crippen molar-refractivity contribution in [3.8, 4) is 5.88 Å². The average molecular weight is 414 g/mol. The molecule has 2 atom stereocenters. The van der Waals surface area contributed by atoms with Gasteiger partial charge in [-0.2, -0.15) is 13.2 Å². The summed E-state index contributed by atoms with van der Waals surface area (Å²) in [5.41, 5.74) is 0.476. The highest BCUT2D eigenvalue weighted by Crippen LogP contribution is 2.26. The number of aliphatic carboxylic acids is 1. The molecule has 2 N–H and O–H groups in total. The molecule has 0 radical (unpaired) electrons. The number of nitrogens with zero attached hydrogens (tertiary/aromatic N) is 3. The summed E-state index contributed by atoms with van der Waals surface area (Å²) in [7, 11) is 0. The van der Waals surface area contributed by atoms with Gasteiger partial charge in [0.05, 0.1) is 19.1 Å². The van der Waals surface area contributed by atoms with Crippen LogP contribution in [0.15, 0.2) is 35.6 Å². The number of amides is 1. The Bertz CT molecular complexity index is 793. The molecule has 0 bridgehead atoms. The summed E-state index contributed by atoms with van der Waals surface area (Å²) in [6.45, 7) is 2.92. The molecule has 0 spiro atoms. The molecule has 1 aromatic rings. The number of carboxylic acids is 1. The molecule has 158 valence electrons. The van der Waals surface area contributed by atoms with E-state index >= 15 is 0 Å². The maximum Gasteiger partial charge on any atom is 0.392 e. The van der Waals surface area contributed by atoms with Crippen LogP contribution >= 0.6 is 0 Å². The maximum absolute atomic E-state index is 12.2. The van der Waals surface area contributed by atoms with E-state index in [2.05, 4.69) is 15.3 Å². The SMILES string of the molecule is CCC(=O)NC1N=C(C(=O)O)C=CN1C(C)c1ccc(OCCC(F)(F)F)nc1. The van der Waals surface area contributed by atoms with Gasteiger partial charge in [0.1, 0.15) is 5.71 Å². The van der Waals surface area contributed by atoms with E-state index in [1.165, 1.54) is 24.5 Å². The van der Waals surface area contributed by atoms with Crippen molar-refractivity contribution < 1.29 is 32.6 Å². The van der Waals surface area contributed by atoms with Crippen LogP contribution in [0.5, 0.6) is 5.88 Å². The van der Waals surface area contributed by atoms with E-state index in [1.807, 2.05) is 0 Å². The van der Waals surface area contributed by atoms with Crippen molar-refractivity contribution >= 4 is 17.6 Å². The molecule has 2 rings (SSSR count). The van der Waals surface area contributed by atoms with Crippen molar-refractivity contribution in [2.45, 2.75) is 45.2 Å². The number of nitrogens with one attached hydrogen (secondary N) is 1. The van der Waals surface area contributed by atoms with Gasteiger partial charge in [0.15, 0.2) is 6.29 Å². The first-order valence-corrected chi connectivity index (χ1v) is 8.82. The van der Waals surface area contributed by atoms with E-state index in [9.17, 15) is 22.8 Å². The minimum Gasteiger partial charge on any atom is -0.477 e. The number of hydrogen-bond donors (Lipinski definition) is 2. The van der Waals surface area contributed by atoms with Crippen molar-refractivity contribution in [2.75, 3.05) is 6.61 Å². The molecule has 11 heteroatoms. The topological polar surface area (TPSA) is 104 Å². The number of alkyl halides is 3. The summed E-state index contributed by atoms with van der Waals surface area (Å²) in [5.74, 6) is -1.46. The Labute approximate surface area is 165 Å². The third-order valence-electron chi connectivity index (χ3n) is 4.10. The summed E-state index contributed by atoms with van der Waals surface area (Å²) < 4.78 is 41.5. The van der Waals surface area contributed by atoms with Gasteiger partial charge in [0.25, 0.3) is 0 Å². The molecule has 1 aliphatic rings. The quantitative estimate of drug-likeness (QED) is 0.678. The zero-order valence-corrected chi connectivity index (χ0v) is 15.8. The molecule has 0 aliphatic carbocycles. The van der Waals surface area contributed by atoms with Gasteiger partial charge in [0.2, 0.25) is 11.8 Å². The summed E-state index contributed by atoms with van der Waals surface area (Å²) in [4.78, 5) is 32.7. The number of carboxylic acid groups (broad SMARTS) is 1. The third kappa shape index (κ3) is 6.47. The van der Waals surface area contributed by atoms with Crippen LogP contribution in [0, 0.1) is 0 Å². The van der Waals surface area contributed by atoms with Gasteiger partial charge in [-0.25, -0.2) is 14.8 Å². The number of aliphatic imine (C=N–C) groups is 1. The van der Waals surface area contributed by atoms with E-state index in [0.29, 0.717) is 5.56 Å². The van der Waals surface area contributed by atoms with Crippen LogP contribution in [-0.2, 0) is 9.59 Å². The number of ether oxygens (including phenoxy) is 1. The van der Waals surface area contributed by atoms with E-state index in [-0.39, 0.29) is 30.0 Å². The summed E-state index contributed by atoms with van der Waals surface area (Å²) in [6, 6.07) is 2.70. The highest BCUT2D eigenvalue weighted by molar-refractivity contribution is 6.40. The fourth-order valence-corrected chi connectivity index (χ4v) is 2.47. The summed E-state index contributed by atoms with van der Waals surface area (Å²) in [5, 5.41) is 11.8. The van der Waals surface area contributed by atoms with Gasteiger partial charge >= 0.3 is 12.1 Å². The lowest BCUT2D eigenvalue weighted by Crippen LogP contribution is -2.47. The number of pyridine rings is 1. The number of carbonyl (C=O) groups excluding carboxylic acids is 1. The van der Waals surface area contributed by atoms with Crippen LogP contribution < -0.4 is 10.1 Å². The van der Waals surface area contributed by atoms with Gasteiger partial charge < -0.3 is 20.1 Å². The first kappa shape index (κ1) is 22.2. The number of rotatable bonds is 8. The fourth-order valence-electron chi connectivity index (χ4n) is 2.47. The Morgan fingerprint density at radius 3 is 2.66 bits per heavy atom. The van der Waals surface area contributed by atoms with Gasteiger partial charge in [-0.3, -0.25) is 4.79 Å². The molecule has 29 heavy (non-hydrogen) atoms. The Kier molecular flexibility index (Phi) is 7.18. The minimum absolute atomic E-state index is 0.0569. The van der Waals surface area contributed by atoms with Crippen molar-refractivity contribution in [1.29, 1.82) is 0 Å². The Morgan fingerprint density at radius 2 is 2.10 bits per heavy atom. The molecule has 0 saturated heterocycles. The minimum atomic E-state index is -4.30. The standard InChI is InChI=1S/C18H21F3N4O4/c1-3-14(26)24-17-23-13(16(27)28)6-8-25(17)11(2)12-4-5-15(22-10-12)29-9-7-18(19,20)21/h4-6,8,10-11,17H,3,7,9H2,1-2H3,(H,24,26)(H,27,28). The number of hydrogen-bond acceptors (Lipinski definition) is 6. The second-order valence-electron chi connectivity index (χ2n) is 6.20. The van der Waals surface area contributed by atoms with E-state index < -0.39 is 31.5 Å².